The van der Waals surface area contributed by atoms with E-state index in [9.17, 15) is 4.79 Å². The van der Waals surface area contributed by atoms with Gasteiger partial charge >= 0.3 is 6.03 Å². The van der Waals surface area contributed by atoms with Crippen molar-refractivity contribution in [1.29, 1.82) is 0 Å². The molecule has 7 nitrogen and oxygen atoms in total. The summed E-state index contributed by atoms with van der Waals surface area (Å²) in [6.45, 7) is 3.93. The molecule has 0 bridgehead atoms. The van der Waals surface area contributed by atoms with Gasteiger partial charge in [0.2, 0.25) is 0 Å². The Balaban J connectivity index is 1.42. The zero-order valence-corrected chi connectivity index (χ0v) is 15.6. The second kappa shape index (κ2) is 7.26. The first-order valence-corrected chi connectivity index (χ1v) is 9.22. The van der Waals surface area contributed by atoms with Gasteiger partial charge in [0.1, 0.15) is 17.1 Å². The quantitative estimate of drug-likeness (QED) is 0.769. The van der Waals surface area contributed by atoms with Crippen LogP contribution in [0.25, 0.3) is 11.2 Å². The summed E-state index contributed by atoms with van der Waals surface area (Å²) in [4.78, 5) is 23.6. The predicted molar refractivity (Wildman–Crippen MR) is 104 cm³/mol. The molecule has 1 saturated heterocycles. The number of nitrogens with zero attached hydrogens (tertiary/aromatic N) is 4. The Hall–Kier alpha value is -3.09. The van der Waals surface area contributed by atoms with E-state index >= 15 is 0 Å². The van der Waals surface area contributed by atoms with Gasteiger partial charge in [0.15, 0.2) is 5.65 Å². The molecule has 2 aromatic heterocycles. The standard InChI is InChI=1S/C20H23N5O2/c1-3-27-16-8-6-15(7-9-16)22-20(26)25-12-10-14(13-25)18-23-17-5-4-11-21-19(17)24(18)2/h4-9,11,14H,3,10,12-13H2,1-2H3,(H,22,26). The number of aryl methyl sites for hydroxylation is 1. The van der Waals surface area contributed by atoms with Crippen LogP contribution in [0.1, 0.15) is 25.1 Å². The number of carbonyl (C=O) groups excluding carboxylic acids is 1. The topological polar surface area (TPSA) is 72.3 Å². The van der Waals surface area contributed by atoms with Crippen LogP contribution in [0.5, 0.6) is 5.75 Å². The van der Waals surface area contributed by atoms with Crippen molar-refractivity contribution >= 4 is 22.9 Å². The SMILES string of the molecule is CCOc1ccc(NC(=O)N2CCC(c3nc4cccnc4n3C)C2)cc1. The molecule has 2 amide bonds. The minimum atomic E-state index is -0.0847. The third kappa shape index (κ3) is 3.45. The van der Waals surface area contributed by atoms with E-state index in [2.05, 4.69) is 10.3 Å². The second-order valence-electron chi connectivity index (χ2n) is 6.69. The van der Waals surface area contributed by atoms with Crippen molar-refractivity contribution in [3.63, 3.8) is 0 Å². The monoisotopic (exact) mass is 365 g/mol. The molecule has 0 radical (unpaired) electrons. The Labute approximate surface area is 158 Å². The maximum Gasteiger partial charge on any atom is 0.321 e. The fourth-order valence-electron chi connectivity index (χ4n) is 3.57. The lowest BCUT2D eigenvalue weighted by molar-refractivity contribution is 0.222. The number of hydrogen-bond acceptors (Lipinski definition) is 4. The van der Waals surface area contributed by atoms with Gasteiger partial charge < -0.3 is 19.5 Å². The molecule has 1 N–H and O–H groups in total. The van der Waals surface area contributed by atoms with E-state index in [-0.39, 0.29) is 11.9 Å². The first-order valence-electron chi connectivity index (χ1n) is 9.22. The van der Waals surface area contributed by atoms with Crippen molar-refractivity contribution < 1.29 is 9.53 Å². The average molecular weight is 365 g/mol. The van der Waals surface area contributed by atoms with Gasteiger partial charge in [-0.2, -0.15) is 0 Å². The molecule has 3 aromatic rings. The van der Waals surface area contributed by atoms with Crippen LogP contribution in [-0.2, 0) is 7.05 Å². The predicted octanol–water partition coefficient (Wildman–Crippen LogP) is 3.39. The molecule has 7 heteroatoms. The van der Waals surface area contributed by atoms with Crippen LogP contribution < -0.4 is 10.1 Å². The number of fused-ring (bicyclic) bond motifs is 1. The van der Waals surface area contributed by atoms with Crippen molar-refractivity contribution in [2.75, 3.05) is 25.0 Å². The molecule has 1 atom stereocenters. The summed E-state index contributed by atoms with van der Waals surface area (Å²) in [5.41, 5.74) is 2.54. The largest absolute Gasteiger partial charge is 0.494 e. The van der Waals surface area contributed by atoms with Crippen molar-refractivity contribution in [2.45, 2.75) is 19.3 Å². The second-order valence-corrected chi connectivity index (χ2v) is 6.69. The van der Waals surface area contributed by atoms with Crippen LogP contribution in [0, 0.1) is 0 Å². The lowest BCUT2D eigenvalue weighted by Gasteiger charge is -2.17. The summed E-state index contributed by atoms with van der Waals surface area (Å²) in [5, 5.41) is 2.96. The van der Waals surface area contributed by atoms with Crippen LogP contribution in [0.3, 0.4) is 0 Å². The number of benzene rings is 1. The van der Waals surface area contributed by atoms with Gasteiger partial charge in [-0.05, 0) is 49.7 Å². The fourth-order valence-corrected chi connectivity index (χ4v) is 3.57. The summed E-state index contributed by atoms with van der Waals surface area (Å²) >= 11 is 0. The first-order chi connectivity index (χ1) is 13.2. The van der Waals surface area contributed by atoms with Gasteiger partial charge in [0.05, 0.1) is 6.61 Å². The summed E-state index contributed by atoms with van der Waals surface area (Å²) in [6.07, 6.45) is 2.67. The molecule has 0 aliphatic carbocycles. The van der Waals surface area contributed by atoms with E-state index in [0.29, 0.717) is 19.7 Å². The van der Waals surface area contributed by atoms with Crippen molar-refractivity contribution in [1.82, 2.24) is 19.4 Å². The molecule has 3 heterocycles. The number of imidazole rings is 1. The molecular formula is C20H23N5O2. The number of rotatable bonds is 4. The Morgan fingerprint density at radius 2 is 2.11 bits per heavy atom. The number of urea groups is 1. The maximum atomic E-state index is 12.6. The molecule has 27 heavy (non-hydrogen) atoms. The van der Waals surface area contributed by atoms with Gasteiger partial charge in [-0.15, -0.1) is 0 Å². The van der Waals surface area contributed by atoms with E-state index in [1.165, 1.54) is 0 Å². The van der Waals surface area contributed by atoms with E-state index in [1.54, 1.807) is 6.20 Å². The van der Waals surface area contributed by atoms with E-state index in [1.807, 2.05) is 59.8 Å². The van der Waals surface area contributed by atoms with Crippen LogP contribution >= 0.6 is 0 Å². The lowest BCUT2D eigenvalue weighted by atomic mass is 10.1. The number of likely N-dealkylation sites (tertiary alicyclic amines) is 1. The molecule has 4 rings (SSSR count). The Kier molecular flexibility index (Phi) is 4.66. The molecule has 1 aliphatic heterocycles. The van der Waals surface area contributed by atoms with Gasteiger partial charge in [-0.1, -0.05) is 0 Å². The Bertz CT molecular complexity index is 951. The normalized spacial score (nSPS) is 16.7. The fraction of sp³-hybridized carbons (Fsp3) is 0.350. The van der Waals surface area contributed by atoms with Crippen molar-refractivity contribution in [2.24, 2.45) is 7.05 Å². The molecule has 1 unspecified atom stereocenters. The zero-order chi connectivity index (χ0) is 18.8. The van der Waals surface area contributed by atoms with Crippen LogP contribution in [-0.4, -0.2) is 45.2 Å². The van der Waals surface area contributed by atoms with Crippen molar-refractivity contribution in [3.05, 3.63) is 48.4 Å². The number of pyridine rings is 1. The van der Waals surface area contributed by atoms with Crippen LogP contribution in [0.15, 0.2) is 42.6 Å². The number of ether oxygens (including phenoxy) is 1. The Morgan fingerprint density at radius 3 is 2.85 bits per heavy atom. The zero-order valence-electron chi connectivity index (χ0n) is 15.6. The number of amides is 2. The summed E-state index contributed by atoms with van der Waals surface area (Å²) in [7, 11) is 1.99. The number of hydrogen-bond donors (Lipinski definition) is 1. The number of nitrogens with one attached hydrogen (secondary N) is 1. The highest BCUT2D eigenvalue weighted by atomic mass is 16.5. The molecule has 140 valence electrons. The highest BCUT2D eigenvalue weighted by Crippen LogP contribution is 2.28. The maximum absolute atomic E-state index is 12.6. The van der Waals surface area contributed by atoms with E-state index < -0.39 is 0 Å². The third-order valence-corrected chi connectivity index (χ3v) is 4.92. The minimum Gasteiger partial charge on any atom is -0.494 e. The van der Waals surface area contributed by atoms with E-state index in [0.717, 1.165) is 34.8 Å². The summed E-state index contributed by atoms with van der Waals surface area (Å²) in [6, 6.07) is 11.2. The molecule has 1 aromatic carbocycles. The number of carbonyl (C=O) groups is 1. The van der Waals surface area contributed by atoms with Crippen LogP contribution in [0.2, 0.25) is 0 Å². The Morgan fingerprint density at radius 1 is 1.30 bits per heavy atom. The summed E-state index contributed by atoms with van der Waals surface area (Å²) < 4.78 is 7.46. The number of anilines is 1. The lowest BCUT2D eigenvalue weighted by Crippen LogP contribution is -2.32. The smallest absolute Gasteiger partial charge is 0.321 e. The molecular weight excluding hydrogens is 342 g/mol. The van der Waals surface area contributed by atoms with Crippen molar-refractivity contribution in [3.8, 4) is 5.75 Å². The highest BCUT2D eigenvalue weighted by molar-refractivity contribution is 5.89. The molecule has 0 saturated carbocycles. The highest BCUT2D eigenvalue weighted by Gasteiger charge is 2.30. The third-order valence-electron chi connectivity index (χ3n) is 4.92. The number of aromatic nitrogens is 3. The van der Waals surface area contributed by atoms with Gasteiger partial charge in [0.25, 0.3) is 0 Å². The first kappa shape index (κ1) is 17.3. The molecule has 1 aliphatic rings. The van der Waals surface area contributed by atoms with Gasteiger partial charge in [-0.3, -0.25) is 0 Å². The minimum absolute atomic E-state index is 0.0847. The van der Waals surface area contributed by atoms with E-state index in [4.69, 9.17) is 9.72 Å². The van der Waals surface area contributed by atoms with Crippen LogP contribution in [0.4, 0.5) is 10.5 Å². The summed E-state index contributed by atoms with van der Waals surface area (Å²) in [5.74, 6) is 2.00. The average Bonchev–Trinajstić information content (AvgIpc) is 3.29. The molecule has 0 spiro atoms. The molecule has 1 fully saturated rings. The van der Waals surface area contributed by atoms with Gasteiger partial charge in [-0.25, -0.2) is 14.8 Å². The van der Waals surface area contributed by atoms with Gasteiger partial charge in [0, 0.05) is 37.9 Å².